The Morgan fingerprint density at radius 1 is 1.38 bits per heavy atom. The molecule has 0 aliphatic rings. The summed E-state index contributed by atoms with van der Waals surface area (Å²) in [6, 6.07) is 2.73. The summed E-state index contributed by atoms with van der Waals surface area (Å²) in [5.74, 6) is -0.576. The summed E-state index contributed by atoms with van der Waals surface area (Å²) in [6.45, 7) is 7.78. The number of nitrogen functional groups attached to an aromatic ring is 1. The van der Waals surface area contributed by atoms with Gasteiger partial charge in [-0.2, -0.15) is 0 Å². The van der Waals surface area contributed by atoms with Crippen LogP contribution in [0.4, 0.5) is 10.1 Å². The second-order valence-electron chi connectivity index (χ2n) is 5.54. The number of halogens is 1. The van der Waals surface area contributed by atoms with E-state index in [2.05, 4.69) is 0 Å². The highest BCUT2D eigenvalue weighted by molar-refractivity contribution is 8.00. The maximum atomic E-state index is 13.7. The number of hydrogen-bond acceptors (Lipinski definition) is 5. The molecule has 0 heterocycles. The van der Waals surface area contributed by atoms with E-state index in [9.17, 15) is 9.18 Å². The summed E-state index contributed by atoms with van der Waals surface area (Å²) in [7, 11) is 0. The van der Waals surface area contributed by atoms with Gasteiger partial charge in [-0.25, -0.2) is 4.39 Å². The minimum atomic E-state index is -0.526. The first-order valence-corrected chi connectivity index (χ1v) is 7.78. The first-order chi connectivity index (χ1) is 9.73. The van der Waals surface area contributed by atoms with Crippen molar-refractivity contribution in [2.24, 2.45) is 0 Å². The highest BCUT2D eigenvalue weighted by atomic mass is 32.2. The summed E-state index contributed by atoms with van der Waals surface area (Å²) in [6.07, 6.45) is 0.782. The second-order valence-corrected chi connectivity index (χ2v) is 6.56. The van der Waals surface area contributed by atoms with Gasteiger partial charge in [0.15, 0.2) is 11.6 Å². The van der Waals surface area contributed by atoms with Crippen LogP contribution in [0, 0.1) is 5.82 Å². The quantitative estimate of drug-likeness (QED) is 0.493. The fourth-order valence-electron chi connectivity index (χ4n) is 1.51. The van der Waals surface area contributed by atoms with Gasteiger partial charge in [0.2, 0.25) is 0 Å². The van der Waals surface area contributed by atoms with Gasteiger partial charge < -0.3 is 15.2 Å². The molecule has 0 atom stereocenters. The molecule has 0 aliphatic heterocycles. The molecule has 21 heavy (non-hydrogen) atoms. The van der Waals surface area contributed by atoms with E-state index >= 15 is 0 Å². The Balaban J connectivity index is 2.72. The highest BCUT2D eigenvalue weighted by Crippen LogP contribution is 2.32. The number of nitrogens with two attached hydrogens (primary N) is 1. The van der Waals surface area contributed by atoms with E-state index in [4.69, 9.17) is 15.2 Å². The highest BCUT2D eigenvalue weighted by Gasteiger charge is 2.17. The molecule has 0 radical (unpaired) electrons. The maximum Gasteiger partial charge on any atom is 0.316 e. The van der Waals surface area contributed by atoms with Crippen LogP contribution in [0.25, 0.3) is 0 Å². The van der Waals surface area contributed by atoms with Gasteiger partial charge in [0.05, 0.1) is 12.4 Å². The van der Waals surface area contributed by atoms with Crippen molar-refractivity contribution in [2.75, 3.05) is 18.1 Å². The Labute approximate surface area is 129 Å². The Morgan fingerprint density at radius 3 is 2.62 bits per heavy atom. The lowest BCUT2D eigenvalue weighted by molar-refractivity contribution is -0.151. The topological polar surface area (TPSA) is 61.5 Å². The summed E-state index contributed by atoms with van der Waals surface area (Å²) in [5, 5.41) is 0. The van der Waals surface area contributed by atoms with Crippen molar-refractivity contribution in [1.82, 2.24) is 0 Å². The van der Waals surface area contributed by atoms with Crippen LogP contribution in [0.2, 0.25) is 0 Å². The van der Waals surface area contributed by atoms with Gasteiger partial charge in [0, 0.05) is 16.6 Å². The largest absolute Gasteiger partial charge is 0.490 e. The van der Waals surface area contributed by atoms with Gasteiger partial charge in [0.1, 0.15) is 5.60 Å². The summed E-state index contributed by atoms with van der Waals surface area (Å²) >= 11 is 1.21. The van der Waals surface area contributed by atoms with E-state index in [1.165, 1.54) is 23.9 Å². The average Bonchev–Trinajstić information content (AvgIpc) is 2.34. The molecule has 1 rings (SSSR count). The first kappa shape index (κ1) is 17.6. The second kappa shape index (κ2) is 7.54. The lowest BCUT2D eigenvalue weighted by Crippen LogP contribution is -2.24. The van der Waals surface area contributed by atoms with E-state index in [1.807, 2.05) is 6.92 Å². The fraction of sp³-hybridized carbons (Fsp3) is 0.533. The van der Waals surface area contributed by atoms with Gasteiger partial charge in [-0.05, 0) is 33.3 Å². The van der Waals surface area contributed by atoms with E-state index in [0.29, 0.717) is 11.5 Å². The molecule has 0 aromatic heterocycles. The number of carbonyl (C=O) groups excluding carboxylic acids is 1. The zero-order chi connectivity index (χ0) is 16.0. The lowest BCUT2D eigenvalue weighted by Gasteiger charge is -2.19. The van der Waals surface area contributed by atoms with Gasteiger partial charge in [0.25, 0.3) is 0 Å². The van der Waals surface area contributed by atoms with Gasteiger partial charge >= 0.3 is 5.97 Å². The van der Waals surface area contributed by atoms with Gasteiger partial charge in [-0.15, -0.1) is 11.8 Å². The van der Waals surface area contributed by atoms with Crippen molar-refractivity contribution in [2.45, 2.75) is 44.6 Å². The molecule has 0 saturated carbocycles. The summed E-state index contributed by atoms with van der Waals surface area (Å²) < 4.78 is 24.2. The van der Waals surface area contributed by atoms with E-state index in [1.54, 1.807) is 20.8 Å². The van der Waals surface area contributed by atoms with Crippen LogP contribution in [0.15, 0.2) is 17.0 Å². The SMILES string of the molecule is CCCOc1cc(SCC(=O)OC(C)(C)C)c(N)cc1F. The maximum absolute atomic E-state index is 13.7. The molecule has 6 heteroatoms. The van der Waals surface area contributed by atoms with Crippen LogP contribution >= 0.6 is 11.8 Å². The molecule has 4 nitrogen and oxygen atoms in total. The third-order valence-electron chi connectivity index (χ3n) is 2.29. The van der Waals surface area contributed by atoms with Gasteiger partial charge in [-0.1, -0.05) is 6.92 Å². The van der Waals surface area contributed by atoms with Crippen LogP contribution in [-0.2, 0) is 9.53 Å². The van der Waals surface area contributed by atoms with Crippen molar-refractivity contribution in [3.63, 3.8) is 0 Å². The lowest BCUT2D eigenvalue weighted by atomic mass is 10.2. The number of esters is 1. The first-order valence-electron chi connectivity index (χ1n) is 6.79. The Bertz CT molecular complexity index is 500. The summed E-state index contributed by atoms with van der Waals surface area (Å²) in [4.78, 5) is 12.3. The molecule has 0 saturated heterocycles. The molecule has 0 unspecified atom stereocenters. The minimum Gasteiger partial charge on any atom is -0.490 e. The fourth-order valence-corrected chi connectivity index (χ4v) is 2.25. The van der Waals surface area contributed by atoms with Crippen LogP contribution in [-0.4, -0.2) is 23.9 Å². The number of rotatable bonds is 6. The number of hydrogen-bond donors (Lipinski definition) is 1. The third-order valence-corrected chi connectivity index (χ3v) is 3.34. The van der Waals surface area contributed by atoms with E-state index < -0.39 is 11.4 Å². The normalized spacial score (nSPS) is 11.3. The van der Waals surface area contributed by atoms with Crippen molar-refractivity contribution >= 4 is 23.4 Å². The van der Waals surface area contributed by atoms with Crippen molar-refractivity contribution in [1.29, 1.82) is 0 Å². The molecule has 0 amide bonds. The third kappa shape index (κ3) is 6.25. The Kier molecular flexibility index (Phi) is 6.33. The molecule has 1 aromatic carbocycles. The number of benzene rings is 1. The molecular weight excluding hydrogens is 293 g/mol. The zero-order valence-corrected chi connectivity index (χ0v) is 13.7. The number of carbonyl (C=O) groups is 1. The van der Waals surface area contributed by atoms with Crippen LogP contribution in [0.1, 0.15) is 34.1 Å². The van der Waals surface area contributed by atoms with Crippen molar-refractivity contribution in [3.05, 3.63) is 17.9 Å². The molecule has 0 bridgehead atoms. The zero-order valence-electron chi connectivity index (χ0n) is 12.9. The van der Waals surface area contributed by atoms with Crippen molar-refractivity contribution in [3.8, 4) is 5.75 Å². The molecule has 118 valence electrons. The molecular formula is C15H22FNO3S. The molecule has 0 fully saturated rings. The predicted molar refractivity (Wildman–Crippen MR) is 83.2 cm³/mol. The predicted octanol–water partition coefficient (Wildman–Crippen LogP) is 3.63. The number of thioether (sulfide) groups is 1. The monoisotopic (exact) mass is 315 g/mol. The van der Waals surface area contributed by atoms with Crippen LogP contribution < -0.4 is 10.5 Å². The minimum absolute atomic E-state index is 0.111. The molecule has 1 aromatic rings. The average molecular weight is 315 g/mol. The smallest absolute Gasteiger partial charge is 0.316 e. The van der Waals surface area contributed by atoms with E-state index in [-0.39, 0.29) is 23.2 Å². The van der Waals surface area contributed by atoms with Crippen molar-refractivity contribution < 1.29 is 18.7 Å². The van der Waals surface area contributed by atoms with E-state index in [0.717, 1.165) is 6.42 Å². The molecule has 0 aliphatic carbocycles. The van der Waals surface area contributed by atoms with Crippen LogP contribution in [0.5, 0.6) is 5.75 Å². The van der Waals surface area contributed by atoms with Gasteiger partial charge in [-0.3, -0.25) is 4.79 Å². The summed E-state index contributed by atoms with van der Waals surface area (Å²) in [5.41, 5.74) is 5.52. The molecule has 2 N–H and O–H groups in total. The standard InChI is InChI=1S/C15H22FNO3S/c1-5-6-19-12-8-13(11(17)7-10(12)16)21-9-14(18)20-15(2,3)4/h7-8H,5-6,9,17H2,1-4H3. The Hall–Kier alpha value is -1.43. The number of anilines is 1. The molecule has 0 spiro atoms. The Morgan fingerprint density at radius 2 is 2.05 bits per heavy atom. The van der Waals surface area contributed by atoms with Crippen LogP contribution in [0.3, 0.4) is 0 Å². The number of ether oxygens (including phenoxy) is 2.